The van der Waals surface area contributed by atoms with Crippen LogP contribution in [0.15, 0.2) is 22.7 Å². The molecule has 0 saturated heterocycles. The van der Waals surface area contributed by atoms with Gasteiger partial charge in [-0.05, 0) is 30.7 Å². The van der Waals surface area contributed by atoms with Gasteiger partial charge in [0.15, 0.2) is 0 Å². The Morgan fingerprint density at radius 2 is 2.22 bits per heavy atom. The number of halogens is 1. The predicted octanol–water partition coefficient (Wildman–Crippen LogP) is 2.60. The zero-order valence-corrected chi connectivity index (χ0v) is 11.6. The van der Waals surface area contributed by atoms with Crippen molar-refractivity contribution in [3.8, 4) is 5.69 Å². The van der Waals surface area contributed by atoms with Crippen molar-refractivity contribution in [1.29, 1.82) is 0 Å². The molecule has 0 aliphatic rings. The van der Waals surface area contributed by atoms with Crippen molar-refractivity contribution in [2.75, 3.05) is 0 Å². The Bertz CT molecular complexity index is 607. The molecule has 0 fully saturated rings. The molecule has 18 heavy (non-hydrogen) atoms. The van der Waals surface area contributed by atoms with Gasteiger partial charge in [-0.25, -0.2) is 14.5 Å². The molecule has 2 rings (SSSR count). The van der Waals surface area contributed by atoms with E-state index in [2.05, 4.69) is 26.0 Å². The van der Waals surface area contributed by atoms with Gasteiger partial charge in [0.1, 0.15) is 5.82 Å². The highest BCUT2D eigenvalue weighted by molar-refractivity contribution is 9.10. The lowest BCUT2D eigenvalue weighted by Gasteiger charge is -2.08. The van der Waals surface area contributed by atoms with Gasteiger partial charge in [0.2, 0.25) is 0 Å². The Hall–Kier alpha value is -1.69. The molecule has 1 heterocycles. The summed E-state index contributed by atoms with van der Waals surface area (Å²) < 4.78 is 2.56. The van der Waals surface area contributed by atoms with Gasteiger partial charge < -0.3 is 5.11 Å². The van der Waals surface area contributed by atoms with E-state index in [1.54, 1.807) is 4.68 Å². The smallest absolute Gasteiger partial charge is 0.375 e. The van der Waals surface area contributed by atoms with Crippen LogP contribution in [0, 0.1) is 6.92 Å². The number of hydrogen-bond donors (Lipinski definition) is 1. The van der Waals surface area contributed by atoms with Crippen LogP contribution in [0.5, 0.6) is 0 Å². The van der Waals surface area contributed by atoms with Crippen LogP contribution < -0.4 is 0 Å². The molecule has 1 aromatic heterocycles. The molecular formula is C12H12BrN3O2. The summed E-state index contributed by atoms with van der Waals surface area (Å²) >= 11 is 3.39. The van der Waals surface area contributed by atoms with E-state index in [0.717, 1.165) is 15.7 Å². The standard InChI is InChI=1S/C12H12BrN3O2/c1-3-10-14-11(12(17)18)15-16(10)9-5-4-8(13)6-7(9)2/h4-6H,3H2,1-2H3,(H,17,18). The van der Waals surface area contributed by atoms with Crippen LogP contribution in [0.4, 0.5) is 0 Å². The van der Waals surface area contributed by atoms with Gasteiger partial charge in [-0.15, -0.1) is 5.10 Å². The number of aryl methyl sites for hydroxylation is 2. The largest absolute Gasteiger partial charge is 0.475 e. The van der Waals surface area contributed by atoms with E-state index in [0.29, 0.717) is 12.2 Å². The third-order valence-electron chi connectivity index (χ3n) is 2.57. The Morgan fingerprint density at radius 1 is 1.50 bits per heavy atom. The maximum Gasteiger partial charge on any atom is 0.375 e. The Kier molecular flexibility index (Phi) is 3.47. The molecule has 94 valence electrons. The lowest BCUT2D eigenvalue weighted by atomic mass is 10.2. The van der Waals surface area contributed by atoms with Crippen LogP contribution in [0.1, 0.15) is 28.9 Å². The fraction of sp³-hybridized carbons (Fsp3) is 0.250. The summed E-state index contributed by atoms with van der Waals surface area (Å²) in [5.41, 5.74) is 1.84. The van der Waals surface area contributed by atoms with Crippen molar-refractivity contribution in [3.05, 3.63) is 39.9 Å². The normalized spacial score (nSPS) is 10.6. The van der Waals surface area contributed by atoms with Crippen molar-refractivity contribution in [1.82, 2.24) is 14.8 Å². The molecule has 0 radical (unpaired) electrons. The first kappa shape index (κ1) is 12.8. The molecule has 0 spiro atoms. The highest BCUT2D eigenvalue weighted by Gasteiger charge is 2.16. The van der Waals surface area contributed by atoms with Gasteiger partial charge in [0.25, 0.3) is 5.82 Å². The molecule has 5 nitrogen and oxygen atoms in total. The van der Waals surface area contributed by atoms with Crippen LogP contribution >= 0.6 is 15.9 Å². The Balaban J connectivity index is 2.58. The fourth-order valence-corrected chi connectivity index (χ4v) is 2.19. The number of carbonyl (C=O) groups is 1. The molecule has 6 heteroatoms. The first-order valence-electron chi connectivity index (χ1n) is 5.48. The SMILES string of the molecule is CCc1nc(C(=O)O)nn1-c1ccc(Br)cc1C. The minimum absolute atomic E-state index is 0.172. The molecule has 0 saturated carbocycles. The first-order chi connectivity index (χ1) is 8.52. The van der Waals surface area contributed by atoms with Crippen molar-refractivity contribution in [3.63, 3.8) is 0 Å². The summed E-state index contributed by atoms with van der Waals surface area (Å²) in [6.45, 7) is 3.86. The van der Waals surface area contributed by atoms with E-state index in [-0.39, 0.29) is 5.82 Å². The van der Waals surface area contributed by atoms with E-state index < -0.39 is 5.97 Å². The van der Waals surface area contributed by atoms with E-state index >= 15 is 0 Å². The highest BCUT2D eigenvalue weighted by atomic mass is 79.9. The van der Waals surface area contributed by atoms with Crippen LogP contribution in [0.3, 0.4) is 0 Å². The molecule has 1 N–H and O–H groups in total. The third kappa shape index (κ3) is 2.28. The number of rotatable bonds is 3. The average molecular weight is 310 g/mol. The van der Waals surface area contributed by atoms with E-state index in [1.165, 1.54) is 0 Å². The summed E-state index contributed by atoms with van der Waals surface area (Å²) in [5, 5.41) is 13.0. The third-order valence-corrected chi connectivity index (χ3v) is 3.06. The minimum Gasteiger partial charge on any atom is -0.475 e. The topological polar surface area (TPSA) is 68.0 Å². The summed E-state index contributed by atoms with van der Waals surface area (Å²) in [4.78, 5) is 14.9. The lowest BCUT2D eigenvalue weighted by Crippen LogP contribution is -2.05. The molecule has 0 amide bonds. The average Bonchev–Trinajstić information content (AvgIpc) is 2.73. The number of hydrogen-bond acceptors (Lipinski definition) is 3. The number of aromatic carboxylic acids is 1. The van der Waals surface area contributed by atoms with Gasteiger partial charge in [0.05, 0.1) is 5.69 Å². The minimum atomic E-state index is -1.11. The number of benzene rings is 1. The van der Waals surface area contributed by atoms with Crippen LogP contribution in [-0.2, 0) is 6.42 Å². The quantitative estimate of drug-likeness (QED) is 0.946. The fourth-order valence-electron chi connectivity index (χ4n) is 1.71. The second-order valence-corrected chi connectivity index (χ2v) is 4.77. The summed E-state index contributed by atoms with van der Waals surface area (Å²) in [6.07, 6.45) is 0.621. The van der Waals surface area contributed by atoms with Crippen molar-refractivity contribution < 1.29 is 9.90 Å². The zero-order chi connectivity index (χ0) is 13.3. The second kappa shape index (κ2) is 4.89. The van der Waals surface area contributed by atoms with Gasteiger partial charge in [-0.3, -0.25) is 0 Å². The number of aromatic nitrogens is 3. The van der Waals surface area contributed by atoms with E-state index in [1.807, 2.05) is 32.0 Å². The highest BCUT2D eigenvalue weighted by Crippen LogP contribution is 2.20. The second-order valence-electron chi connectivity index (χ2n) is 3.85. The first-order valence-corrected chi connectivity index (χ1v) is 6.28. The van der Waals surface area contributed by atoms with Gasteiger partial charge >= 0.3 is 5.97 Å². The maximum absolute atomic E-state index is 10.9. The van der Waals surface area contributed by atoms with Crippen molar-refractivity contribution >= 4 is 21.9 Å². The Labute approximate surface area is 113 Å². The monoisotopic (exact) mass is 309 g/mol. The molecule has 0 atom stereocenters. The predicted molar refractivity (Wildman–Crippen MR) is 70.1 cm³/mol. The van der Waals surface area contributed by atoms with Crippen LogP contribution in [0.25, 0.3) is 5.69 Å². The maximum atomic E-state index is 10.9. The number of nitrogens with zero attached hydrogens (tertiary/aromatic N) is 3. The molecule has 0 aliphatic heterocycles. The van der Waals surface area contributed by atoms with Crippen molar-refractivity contribution in [2.45, 2.75) is 20.3 Å². The molecule has 2 aromatic rings. The summed E-state index contributed by atoms with van der Waals surface area (Å²) in [5.74, 6) is -0.648. The Morgan fingerprint density at radius 3 is 2.78 bits per heavy atom. The summed E-state index contributed by atoms with van der Waals surface area (Å²) in [7, 11) is 0. The number of carboxylic acids is 1. The van der Waals surface area contributed by atoms with Crippen LogP contribution in [0.2, 0.25) is 0 Å². The number of carboxylic acid groups (broad SMARTS) is 1. The lowest BCUT2D eigenvalue weighted by molar-refractivity contribution is 0.0683. The van der Waals surface area contributed by atoms with Gasteiger partial charge in [-0.1, -0.05) is 22.9 Å². The van der Waals surface area contributed by atoms with Gasteiger partial charge in [0, 0.05) is 10.9 Å². The molecule has 0 unspecified atom stereocenters. The summed E-state index contributed by atoms with van der Waals surface area (Å²) in [6, 6.07) is 5.74. The van der Waals surface area contributed by atoms with E-state index in [9.17, 15) is 4.79 Å². The molecular weight excluding hydrogens is 298 g/mol. The zero-order valence-electron chi connectivity index (χ0n) is 10.0. The molecule has 1 aromatic carbocycles. The van der Waals surface area contributed by atoms with E-state index in [4.69, 9.17) is 5.11 Å². The molecule has 0 aliphatic carbocycles. The van der Waals surface area contributed by atoms with Gasteiger partial charge in [-0.2, -0.15) is 0 Å². The molecule has 0 bridgehead atoms. The van der Waals surface area contributed by atoms with Crippen molar-refractivity contribution in [2.24, 2.45) is 0 Å². The van der Waals surface area contributed by atoms with Crippen LogP contribution in [-0.4, -0.2) is 25.8 Å².